The molecule has 4 heteroatoms. The van der Waals surface area contributed by atoms with Gasteiger partial charge >= 0.3 is 0 Å². The highest BCUT2D eigenvalue weighted by Gasteiger charge is 2.23. The Balaban J connectivity index is 2.37. The number of aliphatic hydroxyl groups is 2. The van der Waals surface area contributed by atoms with Crippen molar-refractivity contribution in [2.45, 2.75) is 56.4 Å². The standard InChI is InChI=1S/C12H25NO2S/c1-2-13-11-6-4-3-5-7-12(11)16-9-10(15)8-14/h10-15H,2-9H2,1H3. The third-order valence-corrected chi connectivity index (χ3v) is 4.70. The molecule has 3 N–H and O–H groups in total. The zero-order valence-corrected chi connectivity index (χ0v) is 11.0. The lowest BCUT2D eigenvalue weighted by Gasteiger charge is -2.26. The molecule has 1 saturated carbocycles. The Bertz CT molecular complexity index is 180. The maximum Gasteiger partial charge on any atom is 0.0861 e. The SMILES string of the molecule is CCNC1CCCCCC1SCC(O)CO. The van der Waals surface area contributed by atoms with Crippen LogP contribution in [0.1, 0.15) is 39.0 Å². The fraction of sp³-hybridized carbons (Fsp3) is 1.00. The predicted octanol–water partition coefficient (Wildman–Crippen LogP) is 1.38. The normalized spacial score (nSPS) is 28.7. The lowest BCUT2D eigenvalue weighted by Crippen LogP contribution is -2.38. The van der Waals surface area contributed by atoms with Crippen LogP contribution in [-0.2, 0) is 0 Å². The summed E-state index contributed by atoms with van der Waals surface area (Å²) in [5, 5.41) is 22.3. The van der Waals surface area contributed by atoms with Crippen LogP contribution >= 0.6 is 11.8 Å². The van der Waals surface area contributed by atoms with Crippen molar-refractivity contribution in [1.29, 1.82) is 0 Å². The lowest BCUT2D eigenvalue weighted by molar-refractivity contribution is 0.113. The molecule has 0 bridgehead atoms. The van der Waals surface area contributed by atoms with E-state index in [-0.39, 0.29) is 6.61 Å². The van der Waals surface area contributed by atoms with Gasteiger partial charge in [0.15, 0.2) is 0 Å². The summed E-state index contributed by atoms with van der Waals surface area (Å²) in [6, 6.07) is 0.586. The Hall–Kier alpha value is 0.230. The minimum absolute atomic E-state index is 0.119. The minimum atomic E-state index is -0.560. The Morgan fingerprint density at radius 2 is 2.06 bits per heavy atom. The Morgan fingerprint density at radius 3 is 2.75 bits per heavy atom. The van der Waals surface area contributed by atoms with Crippen LogP contribution in [0.15, 0.2) is 0 Å². The first-order valence-electron chi connectivity index (χ1n) is 6.41. The predicted molar refractivity (Wildman–Crippen MR) is 69.9 cm³/mol. The van der Waals surface area contributed by atoms with Crippen LogP contribution < -0.4 is 5.32 Å². The molecule has 0 spiro atoms. The van der Waals surface area contributed by atoms with Crippen LogP contribution in [-0.4, -0.2) is 46.5 Å². The summed E-state index contributed by atoms with van der Waals surface area (Å²) in [5.74, 6) is 0.656. The van der Waals surface area contributed by atoms with E-state index >= 15 is 0 Å². The van der Waals surface area contributed by atoms with Gasteiger partial charge in [-0.1, -0.05) is 26.2 Å². The van der Waals surface area contributed by atoms with Crippen LogP contribution in [0, 0.1) is 0 Å². The molecule has 3 unspecified atom stereocenters. The summed E-state index contributed by atoms with van der Waals surface area (Å²) in [5.41, 5.74) is 0. The number of thioether (sulfide) groups is 1. The molecular formula is C12H25NO2S. The molecule has 0 amide bonds. The highest BCUT2D eigenvalue weighted by Crippen LogP contribution is 2.28. The maximum absolute atomic E-state index is 9.38. The number of nitrogens with one attached hydrogen (secondary N) is 1. The summed E-state index contributed by atoms with van der Waals surface area (Å²) in [6.45, 7) is 3.05. The average Bonchev–Trinajstić information content (AvgIpc) is 2.52. The van der Waals surface area contributed by atoms with Crippen molar-refractivity contribution < 1.29 is 10.2 Å². The molecule has 0 saturated heterocycles. The molecule has 96 valence electrons. The van der Waals surface area contributed by atoms with Crippen LogP contribution in [0.4, 0.5) is 0 Å². The van der Waals surface area contributed by atoms with Crippen molar-refractivity contribution in [1.82, 2.24) is 5.32 Å². The monoisotopic (exact) mass is 247 g/mol. The molecular weight excluding hydrogens is 222 g/mol. The van der Waals surface area contributed by atoms with Gasteiger partial charge in [-0.25, -0.2) is 0 Å². The summed E-state index contributed by atoms with van der Waals surface area (Å²) < 4.78 is 0. The smallest absolute Gasteiger partial charge is 0.0861 e. The van der Waals surface area contributed by atoms with E-state index in [4.69, 9.17) is 5.11 Å². The lowest BCUT2D eigenvalue weighted by atomic mass is 10.1. The number of aliphatic hydroxyl groups excluding tert-OH is 2. The first-order valence-corrected chi connectivity index (χ1v) is 7.46. The van der Waals surface area contributed by atoms with E-state index in [9.17, 15) is 5.11 Å². The zero-order valence-electron chi connectivity index (χ0n) is 10.2. The van der Waals surface area contributed by atoms with Crippen LogP contribution in [0.25, 0.3) is 0 Å². The van der Waals surface area contributed by atoms with Crippen molar-refractivity contribution in [3.8, 4) is 0 Å². The molecule has 3 atom stereocenters. The number of hydrogen-bond acceptors (Lipinski definition) is 4. The summed E-state index contributed by atoms with van der Waals surface area (Å²) in [6.07, 6.45) is 5.88. The third kappa shape index (κ3) is 5.04. The van der Waals surface area contributed by atoms with Gasteiger partial charge in [0.05, 0.1) is 12.7 Å². The molecule has 3 nitrogen and oxygen atoms in total. The van der Waals surface area contributed by atoms with Gasteiger partial charge in [0, 0.05) is 17.0 Å². The van der Waals surface area contributed by atoms with Gasteiger partial charge in [-0.3, -0.25) is 0 Å². The van der Waals surface area contributed by atoms with Gasteiger partial charge in [-0.15, -0.1) is 0 Å². The van der Waals surface area contributed by atoms with Gasteiger partial charge in [0.25, 0.3) is 0 Å². The molecule has 0 aliphatic heterocycles. The molecule has 0 radical (unpaired) electrons. The molecule has 0 heterocycles. The van der Waals surface area contributed by atoms with Crippen molar-refractivity contribution in [2.75, 3.05) is 18.9 Å². The molecule has 0 aromatic carbocycles. The molecule has 0 aromatic heterocycles. The van der Waals surface area contributed by atoms with Gasteiger partial charge in [-0.2, -0.15) is 11.8 Å². The van der Waals surface area contributed by atoms with E-state index in [0.717, 1.165) is 6.54 Å². The third-order valence-electron chi connectivity index (χ3n) is 3.13. The summed E-state index contributed by atoms with van der Waals surface area (Å²) >= 11 is 1.82. The topological polar surface area (TPSA) is 52.5 Å². The van der Waals surface area contributed by atoms with Crippen LogP contribution in [0.3, 0.4) is 0 Å². The van der Waals surface area contributed by atoms with Gasteiger partial charge < -0.3 is 15.5 Å². The fourth-order valence-electron chi connectivity index (χ4n) is 2.26. The quantitative estimate of drug-likeness (QED) is 0.621. The Kier molecular flexibility index (Phi) is 7.45. The van der Waals surface area contributed by atoms with Gasteiger partial charge in [0.2, 0.25) is 0 Å². The van der Waals surface area contributed by atoms with Crippen LogP contribution in [0.5, 0.6) is 0 Å². The average molecular weight is 247 g/mol. The molecule has 1 aliphatic carbocycles. The van der Waals surface area contributed by atoms with Gasteiger partial charge in [-0.05, 0) is 19.4 Å². The molecule has 0 aromatic rings. The van der Waals surface area contributed by atoms with E-state index in [1.54, 1.807) is 0 Å². The Labute approximate surface area is 103 Å². The second-order valence-corrected chi connectivity index (χ2v) is 5.78. The van der Waals surface area contributed by atoms with E-state index in [2.05, 4.69) is 12.2 Å². The Morgan fingerprint density at radius 1 is 1.31 bits per heavy atom. The fourth-order valence-corrected chi connectivity index (χ4v) is 3.63. The summed E-state index contributed by atoms with van der Waals surface area (Å²) in [7, 11) is 0. The van der Waals surface area contributed by atoms with Crippen molar-refractivity contribution >= 4 is 11.8 Å². The second kappa shape index (κ2) is 8.34. The van der Waals surface area contributed by atoms with E-state index < -0.39 is 6.10 Å². The molecule has 16 heavy (non-hydrogen) atoms. The van der Waals surface area contributed by atoms with E-state index in [1.165, 1.54) is 32.1 Å². The summed E-state index contributed by atoms with van der Waals surface area (Å²) in [4.78, 5) is 0. The van der Waals surface area contributed by atoms with Gasteiger partial charge in [0.1, 0.15) is 0 Å². The largest absolute Gasteiger partial charge is 0.394 e. The second-order valence-electron chi connectivity index (χ2n) is 4.51. The van der Waals surface area contributed by atoms with Crippen molar-refractivity contribution in [3.63, 3.8) is 0 Å². The van der Waals surface area contributed by atoms with Crippen molar-refractivity contribution in [3.05, 3.63) is 0 Å². The first kappa shape index (κ1) is 14.3. The van der Waals surface area contributed by atoms with Crippen molar-refractivity contribution in [2.24, 2.45) is 0 Å². The molecule has 1 rings (SSSR count). The zero-order chi connectivity index (χ0) is 11.8. The van der Waals surface area contributed by atoms with E-state index in [0.29, 0.717) is 17.0 Å². The highest BCUT2D eigenvalue weighted by atomic mass is 32.2. The maximum atomic E-state index is 9.38. The first-order chi connectivity index (χ1) is 7.77. The highest BCUT2D eigenvalue weighted by molar-refractivity contribution is 8.00. The molecule has 1 aliphatic rings. The van der Waals surface area contributed by atoms with E-state index in [1.807, 2.05) is 11.8 Å². The number of rotatable bonds is 6. The minimum Gasteiger partial charge on any atom is -0.394 e. The number of hydrogen-bond donors (Lipinski definition) is 3. The molecule has 1 fully saturated rings. The van der Waals surface area contributed by atoms with Crippen LogP contribution in [0.2, 0.25) is 0 Å².